The number of rotatable bonds is 10. The van der Waals surface area contributed by atoms with E-state index in [0.717, 1.165) is 43.2 Å². The van der Waals surface area contributed by atoms with Gasteiger partial charge in [-0.15, -0.1) is 0 Å². The zero-order chi connectivity index (χ0) is 35.0. The highest BCUT2D eigenvalue weighted by atomic mass is 32.2. The average Bonchev–Trinajstić information content (AvgIpc) is 3.08. The van der Waals surface area contributed by atoms with Crippen LogP contribution in [0.25, 0.3) is 11.1 Å². The molecule has 0 spiro atoms. The van der Waals surface area contributed by atoms with E-state index < -0.39 is 22.6 Å². The molecule has 0 amide bonds. The first-order valence-corrected chi connectivity index (χ1v) is 17.4. The van der Waals surface area contributed by atoms with Crippen molar-refractivity contribution in [3.05, 3.63) is 119 Å². The molecule has 0 fully saturated rings. The van der Waals surface area contributed by atoms with Gasteiger partial charge >= 0.3 is 11.9 Å². The molecule has 4 aromatic rings. The third-order valence-electron chi connectivity index (χ3n) is 9.12. The van der Waals surface area contributed by atoms with Gasteiger partial charge in [0.2, 0.25) is 0 Å². The number of esters is 2. The largest absolute Gasteiger partial charge is 0.456 e. The normalized spacial score (nSPS) is 19.0. The fourth-order valence-corrected chi connectivity index (χ4v) is 7.87. The van der Waals surface area contributed by atoms with Crippen molar-refractivity contribution in [3.63, 3.8) is 0 Å². The SMILES string of the molecule is C=C(C)C(=O)OC1(CCCO)c2ccccc2Sc2cc(-c3ccc4c(c3)Oc3ccccc3C4(CCCO)OC(=O)C(C)(C)C)ccc21. The Morgan fingerprint density at radius 1 is 0.735 bits per heavy atom. The molecular formula is C41H42O7S. The van der Waals surface area contributed by atoms with Gasteiger partial charge in [-0.05, 0) is 88.8 Å². The van der Waals surface area contributed by atoms with Crippen molar-refractivity contribution in [2.45, 2.75) is 74.4 Å². The summed E-state index contributed by atoms with van der Waals surface area (Å²) in [5, 5.41) is 19.8. The predicted molar refractivity (Wildman–Crippen MR) is 190 cm³/mol. The molecule has 0 aromatic heterocycles. The quantitative estimate of drug-likeness (QED) is 0.127. The smallest absolute Gasteiger partial charge is 0.334 e. The second kappa shape index (κ2) is 13.5. The van der Waals surface area contributed by atoms with Crippen LogP contribution in [0.2, 0.25) is 0 Å². The maximum Gasteiger partial charge on any atom is 0.334 e. The van der Waals surface area contributed by atoms with E-state index >= 15 is 0 Å². The van der Waals surface area contributed by atoms with Crippen LogP contribution in [0.4, 0.5) is 0 Å². The first-order valence-electron chi connectivity index (χ1n) is 16.6. The summed E-state index contributed by atoms with van der Waals surface area (Å²) < 4.78 is 19.3. The number of aliphatic hydroxyl groups excluding tert-OH is 2. The Morgan fingerprint density at radius 3 is 1.94 bits per heavy atom. The lowest BCUT2D eigenvalue weighted by molar-refractivity contribution is -0.168. The Bertz CT molecular complexity index is 1930. The Morgan fingerprint density at radius 2 is 1.29 bits per heavy atom. The maximum absolute atomic E-state index is 13.5. The zero-order valence-electron chi connectivity index (χ0n) is 28.4. The Labute approximate surface area is 291 Å². The third kappa shape index (κ3) is 6.29. The highest BCUT2D eigenvalue weighted by Gasteiger charge is 2.47. The summed E-state index contributed by atoms with van der Waals surface area (Å²) in [5.74, 6) is 0.330. The number of aliphatic hydroxyl groups is 2. The number of ether oxygens (including phenoxy) is 3. The Kier molecular flexibility index (Phi) is 9.50. The molecule has 2 unspecified atom stereocenters. The van der Waals surface area contributed by atoms with Crippen LogP contribution in [0.1, 0.15) is 75.6 Å². The molecule has 0 radical (unpaired) electrons. The summed E-state index contributed by atoms with van der Waals surface area (Å²) in [6.45, 7) is 10.8. The summed E-state index contributed by atoms with van der Waals surface area (Å²) in [6.07, 6.45) is 1.64. The third-order valence-corrected chi connectivity index (χ3v) is 10.3. The van der Waals surface area contributed by atoms with Gasteiger partial charge in [0.1, 0.15) is 11.5 Å². The first kappa shape index (κ1) is 34.5. The van der Waals surface area contributed by atoms with E-state index in [4.69, 9.17) is 14.2 Å². The summed E-state index contributed by atoms with van der Waals surface area (Å²) in [4.78, 5) is 28.5. The molecule has 0 bridgehead atoms. The first-order chi connectivity index (χ1) is 23.4. The van der Waals surface area contributed by atoms with E-state index in [0.29, 0.717) is 42.8 Å². The number of fused-ring (bicyclic) bond motifs is 4. The summed E-state index contributed by atoms with van der Waals surface area (Å²) in [7, 11) is 0. The molecule has 0 saturated carbocycles. The van der Waals surface area contributed by atoms with Crippen LogP contribution < -0.4 is 4.74 Å². The molecule has 0 saturated heterocycles. The standard InChI is InChI=1S/C41H42O7S/c1-26(2)37(44)47-41(21-11-23-43)31-13-7-9-15-35(31)49-36-25-28(17-19-32(36)41)27-16-18-30-34(24-27)46-33-14-8-6-12-29(33)40(30,20-10-22-42)48-38(45)39(3,4)5/h6-9,12-19,24-25,42-43H,1,10-11,20-23H2,2-5H3. The lowest BCUT2D eigenvalue weighted by Crippen LogP contribution is -2.40. The van der Waals surface area contributed by atoms with Crippen LogP contribution in [0.15, 0.2) is 107 Å². The van der Waals surface area contributed by atoms with E-state index in [1.807, 2.05) is 99.6 Å². The van der Waals surface area contributed by atoms with E-state index in [1.165, 1.54) is 0 Å². The second-order valence-corrected chi connectivity index (χ2v) is 14.8. The topological polar surface area (TPSA) is 102 Å². The highest BCUT2D eigenvalue weighted by molar-refractivity contribution is 7.99. The highest BCUT2D eigenvalue weighted by Crippen LogP contribution is 2.55. The fraction of sp³-hybridized carbons (Fsp3) is 0.317. The van der Waals surface area contributed by atoms with Crippen molar-refractivity contribution in [3.8, 4) is 22.6 Å². The van der Waals surface area contributed by atoms with E-state index in [-0.39, 0.29) is 19.2 Å². The van der Waals surface area contributed by atoms with Gasteiger partial charge in [-0.2, -0.15) is 0 Å². The number of carbonyl (C=O) groups excluding carboxylic acids is 2. The molecule has 6 rings (SSSR count). The summed E-state index contributed by atoms with van der Waals surface area (Å²) in [5.41, 5.74) is 2.32. The maximum atomic E-state index is 13.5. The minimum Gasteiger partial charge on any atom is -0.456 e. The van der Waals surface area contributed by atoms with Gasteiger partial charge in [-0.1, -0.05) is 79.0 Å². The molecule has 7 nitrogen and oxygen atoms in total. The molecular weight excluding hydrogens is 637 g/mol. The number of para-hydroxylation sites is 1. The van der Waals surface area contributed by atoms with Crippen molar-refractivity contribution in [2.24, 2.45) is 5.41 Å². The van der Waals surface area contributed by atoms with Crippen molar-refractivity contribution in [1.82, 2.24) is 0 Å². The summed E-state index contributed by atoms with van der Waals surface area (Å²) >= 11 is 1.61. The van der Waals surface area contributed by atoms with Crippen molar-refractivity contribution >= 4 is 23.7 Å². The van der Waals surface area contributed by atoms with E-state index in [2.05, 4.69) is 12.6 Å². The fourth-order valence-electron chi connectivity index (χ4n) is 6.62. The van der Waals surface area contributed by atoms with Gasteiger partial charge in [0.05, 0.1) is 5.41 Å². The molecule has 2 atom stereocenters. The molecule has 254 valence electrons. The van der Waals surface area contributed by atoms with Crippen LogP contribution >= 0.6 is 11.8 Å². The minimum atomic E-state index is -1.15. The molecule has 8 heteroatoms. The Hall–Kier alpha value is -4.37. The number of hydrogen-bond donors (Lipinski definition) is 2. The molecule has 2 aliphatic heterocycles. The lowest BCUT2D eigenvalue weighted by atomic mass is 9.78. The lowest BCUT2D eigenvalue weighted by Gasteiger charge is -2.41. The Balaban J connectivity index is 1.47. The molecule has 4 aromatic carbocycles. The van der Waals surface area contributed by atoms with Crippen molar-refractivity contribution < 1.29 is 34.0 Å². The predicted octanol–water partition coefficient (Wildman–Crippen LogP) is 8.66. The van der Waals surface area contributed by atoms with Gasteiger partial charge < -0.3 is 24.4 Å². The number of hydrogen-bond acceptors (Lipinski definition) is 8. The van der Waals surface area contributed by atoms with Gasteiger partial charge in [0.15, 0.2) is 11.2 Å². The van der Waals surface area contributed by atoms with Crippen LogP contribution in [-0.4, -0.2) is 35.4 Å². The van der Waals surface area contributed by atoms with Crippen molar-refractivity contribution in [1.29, 1.82) is 0 Å². The minimum absolute atomic E-state index is 0.0434. The van der Waals surface area contributed by atoms with Gasteiger partial charge in [0.25, 0.3) is 0 Å². The van der Waals surface area contributed by atoms with Crippen LogP contribution in [-0.2, 0) is 30.3 Å². The summed E-state index contributed by atoms with van der Waals surface area (Å²) in [6, 6.07) is 27.5. The molecule has 49 heavy (non-hydrogen) atoms. The second-order valence-electron chi connectivity index (χ2n) is 13.7. The molecule has 2 N–H and O–H groups in total. The van der Waals surface area contributed by atoms with E-state index in [9.17, 15) is 19.8 Å². The van der Waals surface area contributed by atoms with Gasteiger partial charge in [-0.25, -0.2) is 4.79 Å². The zero-order valence-corrected chi connectivity index (χ0v) is 29.2. The van der Waals surface area contributed by atoms with Crippen LogP contribution in [0.5, 0.6) is 11.5 Å². The monoisotopic (exact) mass is 678 g/mol. The van der Waals surface area contributed by atoms with Gasteiger partial charge in [0, 0.05) is 50.8 Å². The van der Waals surface area contributed by atoms with Crippen LogP contribution in [0.3, 0.4) is 0 Å². The average molecular weight is 679 g/mol. The number of benzene rings is 4. The molecule has 2 heterocycles. The number of carbonyl (C=O) groups is 2. The van der Waals surface area contributed by atoms with Gasteiger partial charge in [-0.3, -0.25) is 4.79 Å². The van der Waals surface area contributed by atoms with E-state index in [1.54, 1.807) is 18.7 Å². The van der Waals surface area contributed by atoms with Crippen molar-refractivity contribution in [2.75, 3.05) is 13.2 Å². The van der Waals surface area contributed by atoms with Crippen LogP contribution in [0, 0.1) is 5.41 Å². The molecule has 0 aliphatic carbocycles. The molecule has 2 aliphatic rings.